The molecule has 0 unspecified atom stereocenters. The molecule has 1 amide bonds. The highest BCUT2D eigenvalue weighted by Crippen LogP contribution is 2.31. The molecule has 2 saturated heterocycles. The van der Waals surface area contributed by atoms with Crippen molar-refractivity contribution in [1.82, 2.24) is 4.90 Å². The topological polar surface area (TPSA) is 38.8 Å². The van der Waals surface area contributed by atoms with E-state index in [4.69, 9.17) is 9.47 Å². The minimum atomic E-state index is -0.608. The zero-order chi connectivity index (χ0) is 15.0. The Labute approximate surface area is 126 Å². The Hall–Kier alpha value is -1.55. The highest BCUT2D eigenvalue weighted by molar-refractivity contribution is 5.85. The predicted molar refractivity (Wildman–Crippen MR) is 80.5 cm³/mol. The third-order valence-electron chi connectivity index (χ3n) is 4.50. The van der Waals surface area contributed by atoms with Gasteiger partial charge in [-0.1, -0.05) is 18.2 Å². The Bertz CT molecular complexity index is 523. The molecule has 0 radical (unpaired) electrons. The Balaban J connectivity index is 1.58. The molecule has 2 aliphatic heterocycles. The molecule has 114 valence electrons. The van der Waals surface area contributed by atoms with E-state index in [9.17, 15) is 4.79 Å². The lowest BCUT2D eigenvalue weighted by Gasteiger charge is -2.42. The molecule has 0 aliphatic carbocycles. The minimum Gasteiger partial charge on any atom is -0.486 e. The van der Waals surface area contributed by atoms with E-state index in [1.165, 1.54) is 0 Å². The number of rotatable bonds is 3. The molecule has 0 N–H and O–H groups in total. The summed E-state index contributed by atoms with van der Waals surface area (Å²) in [5, 5.41) is 0. The smallest absolute Gasteiger partial charge is 0.254 e. The minimum absolute atomic E-state index is 0.0961. The van der Waals surface area contributed by atoms with E-state index in [1.54, 1.807) is 0 Å². The Kier molecular flexibility index (Phi) is 3.66. The molecule has 1 aromatic carbocycles. The van der Waals surface area contributed by atoms with Crippen LogP contribution in [0, 0.1) is 13.8 Å². The lowest BCUT2D eigenvalue weighted by molar-refractivity contribution is -0.159. The van der Waals surface area contributed by atoms with Crippen LogP contribution in [-0.2, 0) is 9.53 Å². The highest BCUT2D eigenvalue weighted by Gasteiger charge is 2.45. The summed E-state index contributed by atoms with van der Waals surface area (Å²) in [5.74, 6) is 1.07. The van der Waals surface area contributed by atoms with Crippen LogP contribution >= 0.6 is 0 Å². The Morgan fingerprint density at radius 1 is 1.33 bits per heavy atom. The zero-order valence-electron chi connectivity index (χ0n) is 13.0. The van der Waals surface area contributed by atoms with Crippen molar-refractivity contribution in [2.24, 2.45) is 0 Å². The lowest BCUT2D eigenvalue weighted by atomic mass is 9.98. The van der Waals surface area contributed by atoms with E-state index >= 15 is 0 Å². The van der Waals surface area contributed by atoms with Gasteiger partial charge in [0, 0.05) is 6.61 Å². The van der Waals surface area contributed by atoms with Crippen molar-refractivity contribution in [1.29, 1.82) is 0 Å². The number of hydrogen-bond acceptors (Lipinski definition) is 3. The van der Waals surface area contributed by atoms with Gasteiger partial charge in [-0.25, -0.2) is 0 Å². The first-order valence-corrected chi connectivity index (χ1v) is 7.66. The Morgan fingerprint density at radius 3 is 2.57 bits per heavy atom. The summed E-state index contributed by atoms with van der Waals surface area (Å²) >= 11 is 0. The quantitative estimate of drug-likeness (QED) is 0.858. The molecule has 0 aromatic heterocycles. The predicted octanol–water partition coefficient (Wildman–Crippen LogP) is 2.46. The van der Waals surface area contributed by atoms with Crippen LogP contribution in [0.15, 0.2) is 18.2 Å². The van der Waals surface area contributed by atoms with Crippen LogP contribution < -0.4 is 4.74 Å². The van der Waals surface area contributed by atoms with E-state index < -0.39 is 5.60 Å². The van der Waals surface area contributed by atoms with Gasteiger partial charge in [-0.2, -0.15) is 0 Å². The fourth-order valence-corrected chi connectivity index (χ4v) is 3.11. The number of nitrogens with zero attached hydrogens (tertiary/aromatic N) is 1. The average molecular weight is 289 g/mol. The molecule has 0 saturated carbocycles. The third kappa shape index (κ3) is 2.64. The Morgan fingerprint density at radius 2 is 2.00 bits per heavy atom. The maximum absolute atomic E-state index is 12.4. The van der Waals surface area contributed by atoms with Gasteiger partial charge in [0.1, 0.15) is 17.5 Å². The van der Waals surface area contributed by atoms with Gasteiger partial charge in [-0.15, -0.1) is 0 Å². The van der Waals surface area contributed by atoms with E-state index in [1.807, 2.05) is 17.9 Å². The van der Waals surface area contributed by atoms with Crippen LogP contribution in [0.3, 0.4) is 0 Å². The lowest BCUT2D eigenvalue weighted by Crippen LogP contribution is -2.61. The van der Waals surface area contributed by atoms with Crippen LogP contribution in [0.1, 0.15) is 30.9 Å². The van der Waals surface area contributed by atoms with Crippen LogP contribution in [0.4, 0.5) is 0 Å². The number of carbonyl (C=O) groups excluding carboxylic acids is 1. The zero-order valence-corrected chi connectivity index (χ0v) is 13.0. The van der Waals surface area contributed by atoms with Crippen LogP contribution in [-0.4, -0.2) is 42.2 Å². The molecule has 1 aromatic rings. The van der Waals surface area contributed by atoms with Crippen molar-refractivity contribution in [2.45, 2.75) is 45.3 Å². The van der Waals surface area contributed by atoms with Gasteiger partial charge < -0.3 is 14.4 Å². The molecule has 21 heavy (non-hydrogen) atoms. The number of aryl methyl sites for hydroxylation is 2. The van der Waals surface area contributed by atoms with Crippen molar-refractivity contribution >= 4 is 5.91 Å². The van der Waals surface area contributed by atoms with E-state index in [2.05, 4.69) is 26.0 Å². The van der Waals surface area contributed by atoms with Gasteiger partial charge in [0.05, 0.1) is 13.1 Å². The number of para-hydroxylation sites is 1. The fraction of sp³-hybridized carbons (Fsp3) is 0.588. The van der Waals surface area contributed by atoms with Gasteiger partial charge in [0.2, 0.25) is 0 Å². The van der Waals surface area contributed by atoms with Gasteiger partial charge in [0.15, 0.2) is 0 Å². The number of ether oxygens (including phenoxy) is 2. The van der Waals surface area contributed by atoms with Crippen molar-refractivity contribution in [2.75, 3.05) is 19.7 Å². The van der Waals surface area contributed by atoms with Crippen molar-refractivity contribution in [3.05, 3.63) is 29.3 Å². The largest absolute Gasteiger partial charge is 0.486 e. The van der Waals surface area contributed by atoms with E-state index in [-0.39, 0.29) is 12.0 Å². The summed E-state index contributed by atoms with van der Waals surface area (Å²) in [7, 11) is 0. The molecule has 2 fully saturated rings. The monoisotopic (exact) mass is 289 g/mol. The molecule has 3 rings (SSSR count). The van der Waals surface area contributed by atoms with Crippen LogP contribution in [0.2, 0.25) is 0 Å². The van der Waals surface area contributed by atoms with E-state index in [0.29, 0.717) is 19.7 Å². The fourth-order valence-electron chi connectivity index (χ4n) is 3.11. The third-order valence-corrected chi connectivity index (χ3v) is 4.50. The second-order valence-electron chi connectivity index (χ2n) is 6.35. The molecule has 0 bridgehead atoms. The summed E-state index contributed by atoms with van der Waals surface area (Å²) < 4.78 is 11.7. The highest BCUT2D eigenvalue weighted by atomic mass is 16.5. The molecule has 4 heteroatoms. The number of amides is 1. The van der Waals surface area contributed by atoms with Crippen LogP contribution in [0.5, 0.6) is 5.75 Å². The normalized spacial score (nSPS) is 25.8. The summed E-state index contributed by atoms with van der Waals surface area (Å²) in [5.41, 5.74) is 1.68. The summed E-state index contributed by atoms with van der Waals surface area (Å²) in [6.45, 7) is 8.02. The van der Waals surface area contributed by atoms with Crippen molar-refractivity contribution < 1.29 is 14.3 Å². The summed E-state index contributed by atoms with van der Waals surface area (Å²) in [6, 6.07) is 6.14. The molecule has 2 heterocycles. The van der Waals surface area contributed by atoms with Crippen LogP contribution in [0.25, 0.3) is 0 Å². The number of hydrogen-bond donors (Lipinski definition) is 0. The first-order chi connectivity index (χ1) is 9.99. The standard InChI is InChI=1S/C17H23NO3/c1-12-6-4-7-13(2)15(12)21-14-10-18(11-14)16(19)17(3)8-5-9-20-17/h4,6-7,14H,5,8-11H2,1-3H3/t17-/m0/s1. The number of carbonyl (C=O) groups is 1. The van der Waals surface area contributed by atoms with Gasteiger partial charge in [-0.3, -0.25) is 4.79 Å². The maximum Gasteiger partial charge on any atom is 0.254 e. The molecule has 1 atom stereocenters. The number of likely N-dealkylation sites (tertiary alicyclic amines) is 1. The van der Waals surface area contributed by atoms with Gasteiger partial charge in [0.25, 0.3) is 5.91 Å². The summed E-state index contributed by atoms with van der Waals surface area (Å²) in [6.07, 6.45) is 1.89. The van der Waals surface area contributed by atoms with E-state index in [0.717, 1.165) is 29.7 Å². The SMILES string of the molecule is Cc1cccc(C)c1OC1CN(C(=O)[C@]2(C)CCCO2)C1. The molecule has 2 aliphatic rings. The molecule has 0 spiro atoms. The average Bonchev–Trinajstić information content (AvgIpc) is 2.84. The van der Waals surface area contributed by atoms with Gasteiger partial charge in [-0.05, 0) is 44.7 Å². The maximum atomic E-state index is 12.4. The van der Waals surface area contributed by atoms with Crippen molar-refractivity contribution in [3.63, 3.8) is 0 Å². The van der Waals surface area contributed by atoms with Crippen molar-refractivity contribution in [3.8, 4) is 5.75 Å². The second kappa shape index (κ2) is 5.34. The molecule has 4 nitrogen and oxygen atoms in total. The number of benzene rings is 1. The first-order valence-electron chi connectivity index (χ1n) is 7.66. The van der Waals surface area contributed by atoms with Gasteiger partial charge >= 0.3 is 0 Å². The first kappa shape index (κ1) is 14.4. The molecular formula is C17H23NO3. The molecular weight excluding hydrogens is 266 g/mol. The second-order valence-corrected chi connectivity index (χ2v) is 6.35. The summed E-state index contributed by atoms with van der Waals surface area (Å²) in [4.78, 5) is 14.3.